The number of aliphatic imine (C=N–C) groups is 1. The number of carbonyl (C=O) groups is 1. The number of para-hydroxylation sites is 2. The van der Waals surface area contributed by atoms with Gasteiger partial charge >= 0.3 is 5.97 Å². The summed E-state index contributed by atoms with van der Waals surface area (Å²) in [6.45, 7) is 0.612. The number of fused-ring (bicyclic) bond motifs is 4. The van der Waals surface area contributed by atoms with E-state index < -0.39 is 5.97 Å². The van der Waals surface area contributed by atoms with Crippen LogP contribution in [0.3, 0.4) is 0 Å². The van der Waals surface area contributed by atoms with Crippen molar-refractivity contribution in [2.75, 3.05) is 21.7 Å². The molecule has 0 saturated carbocycles. The van der Waals surface area contributed by atoms with Crippen LogP contribution in [0.15, 0.2) is 253 Å². The predicted molar refractivity (Wildman–Crippen MR) is 291 cm³/mol. The van der Waals surface area contributed by atoms with Crippen LogP contribution >= 0.6 is 0 Å². The summed E-state index contributed by atoms with van der Waals surface area (Å²) in [7, 11) is 2.11. The number of hydrogen-bond acceptors (Lipinski definition) is 6. The van der Waals surface area contributed by atoms with Gasteiger partial charge < -0.3 is 19.4 Å². The molecule has 0 saturated heterocycles. The lowest BCUT2D eigenvalue weighted by Gasteiger charge is -2.34. The molecule has 0 unspecified atom stereocenters. The molecule has 6 heteroatoms. The average Bonchev–Trinajstić information content (AvgIpc) is 3.79. The summed E-state index contributed by atoms with van der Waals surface area (Å²) >= 11 is 0. The molecule has 0 atom stereocenters. The second-order valence-electron chi connectivity index (χ2n) is 17.6. The molecule has 0 fully saturated rings. The summed E-state index contributed by atoms with van der Waals surface area (Å²) in [5, 5.41) is 9.16. The Labute approximate surface area is 406 Å². The first-order valence-electron chi connectivity index (χ1n) is 23.6. The van der Waals surface area contributed by atoms with Gasteiger partial charge in [-0.15, -0.1) is 0 Å². The van der Waals surface area contributed by atoms with Gasteiger partial charge in [-0.3, -0.25) is 0 Å². The maximum Gasteiger partial charge on any atom is 0.363 e. The molecule has 0 aromatic heterocycles. The van der Waals surface area contributed by atoms with Crippen molar-refractivity contribution in [3.63, 3.8) is 0 Å². The molecule has 334 valence electrons. The van der Waals surface area contributed by atoms with Crippen molar-refractivity contribution in [3.8, 4) is 0 Å². The fraction of sp³-hybridized carbons (Fsp3) is 0.0312. The maximum absolute atomic E-state index is 13.0. The predicted octanol–water partition coefficient (Wildman–Crippen LogP) is 16.2. The van der Waals surface area contributed by atoms with Crippen LogP contribution in [-0.2, 0) is 16.1 Å². The molecule has 0 radical (unpaired) electrons. The summed E-state index contributed by atoms with van der Waals surface area (Å²) in [4.78, 5) is 24.7. The molecule has 1 aliphatic rings. The number of ether oxygens (including phenoxy) is 1. The van der Waals surface area contributed by atoms with E-state index in [0.29, 0.717) is 12.4 Å². The summed E-state index contributed by atoms with van der Waals surface area (Å²) < 4.78 is 5.57. The molecular formula is C64H46N4O2. The van der Waals surface area contributed by atoms with E-state index in [4.69, 9.17) is 4.74 Å². The summed E-state index contributed by atoms with van der Waals surface area (Å²) in [5.74, 6) is -0.150. The van der Waals surface area contributed by atoms with Gasteiger partial charge in [0.25, 0.3) is 0 Å². The Balaban J connectivity index is 1.07. The van der Waals surface area contributed by atoms with Gasteiger partial charge in [0.2, 0.25) is 5.90 Å². The van der Waals surface area contributed by atoms with Crippen LogP contribution < -0.4 is 14.7 Å². The van der Waals surface area contributed by atoms with E-state index in [1.54, 1.807) is 6.08 Å². The van der Waals surface area contributed by atoms with Crippen LogP contribution in [0.4, 0.5) is 39.8 Å². The molecule has 11 aromatic carbocycles. The van der Waals surface area contributed by atoms with Gasteiger partial charge in [-0.25, -0.2) is 9.79 Å². The van der Waals surface area contributed by atoms with E-state index in [1.165, 1.54) is 16.2 Å². The standard InChI is InChI=1S/C64H46N4O2/c1-66(51-31-17-20-44(40-51)42-58-64(69)70-63(65-58)48-23-5-2-6-24-48)43-45-38-39-56-57(41-45)62(68(50-29-9-4-10-30-50)60-37-19-26-47-22-12-14-33-53(47)60)55-35-16-15-34-54(55)61(56)67(49-27-7-3-8-28-49)59-36-18-25-46-21-11-13-32-52(46)59/h2-42H,43H2,1H3/b58-42-. The van der Waals surface area contributed by atoms with Crippen LogP contribution in [0.2, 0.25) is 0 Å². The third-order valence-electron chi connectivity index (χ3n) is 13.2. The number of anilines is 7. The highest BCUT2D eigenvalue weighted by atomic mass is 16.6. The highest BCUT2D eigenvalue weighted by Gasteiger charge is 2.28. The van der Waals surface area contributed by atoms with Gasteiger partial charge in [0.15, 0.2) is 5.70 Å². The number of nitrogens with zero attached hydrogens (tertiary/aromatic N) is 4. The quantitative estimate of drug-likeness (QED) is 0.0560. The van der Waals surface area contributed by atoms with Gasteiger partial charge in [-0.1, -0.05) is 176 Å². The minimum Gasteiger partial charge on any atom is -0.402 e. The van der Waals surface area contributed by atoms with Crippen LogP contribution in [0.1, 0.15) is 16.7 Å². The minimum absolute atomic E-state index is 0.269. The highest BCUT2D eigenvalue weighted by Crippen LogP contribution is 2.52. The van der Waals surface area contributed by atoms with E-state index in [2.05, 4.69) is 227 Å². The van der Waals surface area contributed by atoms with Crippen molar-refractivity contribution in [2.24, 2.45) is 4.99 Å². The number of esters is 1. The van der Waals surface area contributed by atoms with Crippen molar-refractivity contribution in [3.05, 3.63) is 265 Å². The number of rotatable bonds is 11. The second-order valence-corrected chi connectivity index (χ2v) is 17.6. The third-order valence-corrected chi connectivity index (χ3v) is 13.2. The molecule has 12 rings (SSSR count). The molecule has 11 aromatic rings. The van der Waals surface area contributed by atoms with Crippen molar-refractivity contribution in [1.82, 2.24) is 0 Å². The molecule has 0 spiro atoms. The Hall–Kier alpha value is -9.26. The number of benzene rings is 11. The lowest BCUT2D eigenvalue weighted by atomic mass is 9.93. The van der Waals surface area contributed by atoms with Gasteiger partial charge in [-0.05, 0) is 94.7 Å². The van der Waals surface area contributed by atoms with Crippen molar-refractivity contribution in [1.29, 1.82) is 0 Å². The Kier molecular flexibility index (Phi) is 10.9. The molecule has 0 amide bonds. The van der Waals surface area contributed by atoms with Crippen LogP contribution in [0, 0.1) is 0 Å². The first-order chi connectivity index (χ1) is 34.6. The van der Waals surface area contributed by atoms with Gasteiger partial charge in [-0.2, -0.15) is 0 Å². The molecule has 0 N–H and O–H groups in total. The van der Waals surface area contributed by atoms with Crippen LogP contribution in [0.5, 0.6) is 0 Å². The molecule has 0 bridgehead atoms. The van der Waals surface area contributed by atoms with E-state index in [1.807, 2.05) is 42.5 Å². The lowest BCUT2D eigenvalue weighted by Crippen LogP contribution is -2.17. The normalized spacial score (nSPS) is 13.0. The highest BCUT2D eigenvalue weighted by molar-refractivity contribution is 6.25. The molecule has 6 nitrogen and oxygen atoms in total. The monoisotopic (exact) mass is 902 g/mol. The summed E-state index contributed by atoms with van der Waals surface area (Å²) in [6, 6.07) is 85.6. The first-order valence-corrected chi connectivity index (χ1v) is 23.6. The van der Waals surface area contributed by atoms with Crippen molar-refractivity contribution < 1.29 is 9.53 Å². The molecule has 1 aliphatic heterocycles. The minimum atomic E-state index is -0.462. The second kappa shape index (κ2) is 18.1. The zero-order chi connectivity index (χ0) is 47.0. The fourth-order valence-electron chi connectivity index (χ4n) is 9.99. The Morgan fingerprint density at radius 2 is 0.914 bits per heavy atom. The molecular weight excluding hydrogens is 857 g/mol. The molecule has 0 aliphatic carbocycles. The van der Waals surface area contributed by atoms with Crippen molar-refractivity contribution >= 4 is 101 Å². The number of carbonyl (C=O) groups excluding carboxylic acids is 1. The zero-order valence-corrected chi connectivity index (χ0v) is 38.5. The largest absolute Gasteiger partial charge is 0.402 e. The van der Waals surface area contributed by atoms with Crippen LogP contribution in [0.25, 0.3) is 49.2 Å². The first kappa shape index (κ1) is 42.1. The Bertz CT molecular complexity index is 3820. The fourth-order valence-corrected chi connectivity index (χ4v) is 9.99. The van der Waals surface area contributed by atoms with Crippen molar-refractivity contribution in [2.45, 2.75) is 6.54 Å². The summed E-state index contributed by atoms with van der Waals surface area (Å²) in [5.41, 5.74) is 10.6. The summed E-state index contributed by atoms with van der Waals surface area (Å²) in [6.07, 6.45) is 1.80. The van der Waals surface area contributed by atoms with E-state index >= 15 is 0 Å². The van der Waals surface area contributed by atoms with Gasteiger partial charge in [0.1, 0.15) is 0 Å². The molecule has 1 heterocycles. The van der Waals surface area contributed by atoms with E-state index in [0.717, 1.165) is 83.4 Å². The Morgan fingerprint density at radius 1 is 0.443 bits per heavy atom. The SMILES string of the molecule is CN(Cc1ccc2c(N(c3ccccc3)c3cccc4ccccc34)c3ccccc3c(N(c3ccccc3)c3cccc4ccccc34)c2c1)c1cccc(/C=C2\N=C(c3ccccc3)OC2=O)c1. The number of hydrogen-bond donors (Lipinski definition) is 0. The van der Waals surface area contributed by atoms with Crippen LogP contribution in [-0.4, -0.2) is 18.9 Å². The van der Waals surface area contributed by atoms with E-state index in [9.17, 15) is 4.79 Å². The van der Waals surface area contributed by atoms with Gasteiger partial charge in [0.05, 0.1) is 22.7 Å². The molecule has 70 heavy (non-hydrogen) atoms. The number of cyclic esters (lactones) is 1. The average molecular weight is 903 g/mol. The Morgan fingerprint density at radius 3 is 1.51 bits per heavy atom. The topological polar surface area (TPSA) is 48.4 Å². The third kappa shape index (κ3) is 7.77. The smallest absolute Gasteiger partial charge is 0.363 e. The lowest BCUT2D eigenvalue weighted by molar-refractivity contribution is -0.129. The van der Waals surface area contributed by atoms with Gasteiger partial charge in [0, 0.05) is 68.5 Å². The van der Waals surface area contributed by atoms with E-state index in [-0.39, 0.29) is 5.70 Å². The maximum atomic E-state index is 13.0. The zero-order valence-electron chi connectivity index (χ0n) is 38.5.